The molecule has 0 aromatic rings. The minimum atomic E-state index is 0.873. The van der Waals surface area contributed by atoms with Crippen molar-refractivity contribution in [3.8, 4) is 0 Å². The average molecular weight is 141 g/mol. The Morgan fingerprint density at radius 2 is 1.90 bits per heavy atom. The van der Waals surface area contributed by atoms with Crippen molar-refractivity contribution in [2.24, 2.45) is 17.7 Å². The molecule has 2 N–H and O–H groups in total. The molecule has 0 aromatic carbocycles. The van der Waals surface area contributed by atoms with Crippen LogP contribution in [0.1, 0.15) is 19.8 Å². The Balaban J connectivity index is 2.14. The van der Waals surface area contributed by atoms with Gasteiger partial charge < -0.3 is 0 Å². The molecule has 0 radical (unpaired) electrons. The molecular formula is C8H17N2+. The molecule has 3 rings (SSSR count). The third kappa shape index (κ3) is 0.867. The maximum absolute atomic E-state index is 6.12. The number of piperidine rings is 3. The molecule has 10 heavy (non-hydrogen) atoms. The Labute approximate surface area is 62.6 Å². The van der Waals surface area contributed by atoms with Gasteiger partial charge in [-0.15, -0.1) is 0 Å². The molecule has 3 aliphatic rings. The highest BCUT2D eigenvalue weighted by molar-refractivity contribution is 4.75. The van der Waals surface area contributed by atoms with Crippen LogP contribution >= 0.6 is 0 Å². The van der Waals surface area contributed by atoms with E-state index >= 15 is 0 Å². The first-order valence-corrected chi connectivity index (χ1v) is 4.34. The maximum Gasteiger partial charge on any atom is 0.0988 e. The summed E-state index contributed by atoms with van der Waals surface area (Å²) >= 11 is 0. The number of hydrogen-bond acceptors (Lipinski definition) is 1. The van der Waals surface area contributed by atoms with Crippen LogP contribution in [-0.2, 0) is 0 Å². The lowest BCUT2D eigenvalue weighted by molar-refractivity contribution is -0.958. The molecule has 0 aliphatic carbocycles. The molecular weight excluding hydrogens is 124 g/mol. The van der Waals surface area contributed by atoms with E-state index in [0.717, 1.165) is 16.4 Å². The summed E-state index contributed by atoms with van der Waals surface area (Å²) in [5.74, 6) is 8.01. The van der Waals surface area contributed by atoms with Crippen LogP contribution in [0.3, 0.4) is 0 Å². The molecule has 58 valence electrons. The Morgan fingerprint density at radius 1 is 1.30 bits per heavy atom. The smallest absolute Gasteiger partial charge is 0.0988 e. The van der Waals surface area contributed by atoms with Gasteiger partial charge in [-0.25, -0.2) is 4.59 Å². The van der Waals surface area contributed by atoms with Crippen molar-refractivity contribution in [3.05, 3.63) is 0 Å². The van der Waals surface area contributed by atoms with Crippen LogP contribution in [0.4, 0.5) is 0 Å². The first-order valence-electron chi connectivity index (χ1n) is 4.34. The summed E-state index contributed by atoms with van der Waals surface area (Å²) in [6.45, 7) is 6.04. The topological polar surface area (TPSA) is 26.0 Å². The normalized spacial score (nSPS) is 53.4. The predicted octanol–water partition coefficient (Wildman–Crippen LogP) is 0.737. The van der Waals surface area contributed by atoms with Crippen LogP contribution in [0.5, 0.6) is 0 Å². The van der Waals surface area contributed by atoms with Crippen LogP contribution < -0.4 is 5.84 Å². The standard InChI is InChI=1S/C8H17N2/c1-7-6-10(9)4-2-8(7)3-5-10/h7-8H,2-6,9H2,1H3/q+1/t7-,8?,10?/m1/s1. The zero-order valence-corrected chi connectivity index (χ0v) is 6.71. The first kappa shape index (κ1) is 6.62. The fourth-order valence-electron chi connectivity index (χ4n) is 2.58. The molecule has 2 heteroatoms. The van der Waals surface area contributed by atoms with Gasteiger partial charge in [0.05, 0.1) is 19.6 Å². The Morgan fingerprint density at radius 3 is 2.20 bits per heavy atom. The van der Waals surface area contributed by atoms with Crippen molar-refractivity contribution in [1.82, 2.24) is 0 Å². The van der Waals surface area contributed by atoms with E-state index in [0.29, 0.717) is 0 Å². The van der Waals surface area contributed by atoms with Gasteiger partial charge in [0, 0.05) is 18.8 Å². The second-order valence-corrected chi connectivity index (χ2v) is 4.16. The van der Waals surface area contributed by atoms with Gasteiger partial charge in [-0.1, -0.05) is 6.92 Å². The molecule has 2 bridgehead atoms. The summed E-state index contributed by atoms with van der Waals surface area (Å²) in [7, 11) is 0. The number of fused-ring (bicyclic) bond motifs is 3. The lowest BCUT2D eigenvalue weighted by Crippen LogP contribution is -2.65. The minimum absolute atomic E-state index is 0.873. The predicted molar refractivity (Wildman–Crippen MR) is 40.9 cm³/mol. The molecule has 1 atom stereocenters. The van der Waals surface area contributed by atoms with E-state index in [-0.39, 0.29) is 0 Å². The molecule has 0 amide bonds. The van der Waals surface area contributed by atoms with E-state index in [1.807, 2.05) is 0 Å². The van der Waals surface area contributed by atoms with Crippen molar-refractivity contribution in [2.45, 2.75) is 19.8 Å². The SMILES string of the molecule is C[C@@H]1C[N+]2(N)CCC1CC2. The fourth-order valence-corrected chi connectivity index (χ4v) is 2.58. The van der Waals surface area contributed by atoms with Gasteiger partial charge in [0.2, 0.25) is 0 Å². The molecule has 0 saturated carbocycles. The van der Waals surface area contributed by atoms with Gasteiger partial charge in [0.15, 0.2) is 0 Å². The summed E-state index contributed by atoms with van der Waals surface area (Å²) in [6, 6.07) is 0. The van der Waals surface area contributed by atoms with E-state index in [1.54, 1.807) is 0 Å². The summed E-state index contributed by atoms with van der Waals surface area (Å²) in [5.41, 5.74) is 0. The Hall–Kier alpha value is -0.0800. The summed E-state index contributed by atoms with van der Waals surface area (Å²) in [6.07, 6.45) is 2.75. The third-order valence-corrected chi connectivity index (χ3v) is 3.35. The molecule has 0 aromatic heterocycles. The Bertz CT molecular complexity index is 136. The molecule has 3 aliphatic heterocycles. The van der Waals surface area contributed by atoms with Crippen molar-refractivity contribution < 1.29 is 4.59 Å². The zero-order chi connectivity index (χ0) is 7.19. The minimum Gasteiger partial charge on any atom is -0.248 e. The number of rotatable bonds is 0. The van der Waals surface area contributed by atoms with Crippen LogP contribution in [0.2, 0.25) is 0 Å². The molecule has 0 unspecified atom stereocenters. The van der Waals surface area contributed by atoms with E-state index in [4.69, 9.17) is 5.84 Å². The second-order valence-electron chi connectivity index (χ2n) is 4.16. The van der Waals surface area contributed by atoms with Crippen molar-refractivity contribution in [1.29, 1.82) is 0 Å². The highest BCUT2D eigenvalue weighted by Gasteiger charge is 2.41. The van der Waals surface area contributed by atoms with E-state index in [2.05, 4.69) is 6.92 Å². The lowest BCUT2D eigenvalue weighted by Gasteiger charge is -2.48. The average Bonchev–Trinajstić information content (AvgIpc) is 1.87. The molecule has 3 saturated heterocycles. The van der Waals surface area contributed by atoms with Gasteiger partial charge in [0.1, 0.15) is 0 Å². The Kier molecular flexibility index (Phi) is 1.29. The van der Waals surface area contributed by atoms with Gasteiger partial charge in [0.25, 0.3) is 0 Å². The van der Waals surface area contributed by atoms with Gasteiger partial charge in [-0.3, -0.25) is 0 Å². The molecule has 3 heterocycles. The van der Waals surface area contributed by atoms with Gasteiger partial charge in [-0.2, -0.15) is 5.84 Å². The van der Waals surface area contributed by atoms with Crippen LogP contribution in [0.25, 0.3) is 0 Å². The highest BCUT2D eigenvalue weighted by Crippen LogP contribution is 2.34. The van der Waals surface area contributed by atoms with E-state index in [1.165, 1.54) is 32.5 Å². The number of nitrogens with zero attached hydrogens (tertiary/aromatic N) is 1. The lowest BCUT2D eigenvalue weighted by atomic mass is 9.79. The quantitative estimate of drug-likeness (QED) is 0.391. The monoisotopic (exact) mass is 141 g/mol. The molecule has 0 spiro atoms. The van der Waals surface area contributed by atoms with E-state index < -0.39 is 0 Å². The summed E-state index contributed by atoms with van der Waals surface area (Å²) in [5, 5.41) is 0. The van der Waals surface area contributed by atoms with Crippen molar-refractivity contribution in [2.75, 3.05) is 19.6 Å². The fraction of sp³-hybridized carbons (Fsp3) is 1.00. The highest BCUT2D eigenvalue weighted by atomic mass is 15.6. The van der Waals surface area contributed by atoms with E-state index in [9.17, 15) is 0 Å². The van der Waals surface area contributed by atoms with Crippen molar-refractivity contribution in [3.63, 3.8) is 0 Å². The molecule has 2 nitrogen and oxygen atoms in total. The van der Waals surface area contributed by atoms with Crippen LogP contribution in [0, 0.1) is 11.8 Å². The number of quaternary nitrogens is 1. The van der Waals surface area contributed by atoms with Crippen LogP contribution in [-0.4, -0.2) is 24.2 Å². The van der Waals surface area contributed by atoms with Crippen molar-refractivity contribution >= 4 is 0 Å². The number of hydrogen-bond donors (Lipinski definition) is 1. The zero-order valence-electron chi connectivity index (χ0n) is 6.71. The van der Waals surface area contributed by atoms with Crippen LogP contribution in [0.15, 0.2) is 0 Å². The third-order valence-electron chi connectivity index (χ3n) is 3.35. The first-order chi connectivity index (χ1) is 4.70. The van der Waals surface area contributed by atoms with Gasteiger partial charge in [-0.05, 0) is 5.92 Å². The summed E-state index contributed by atoms with van der Waals surface area (Å²) in [4.78, 5) is 0. The molecule has 3 fully saturated rings. The maximum atomic E-state index is 6.12. The van der Waals surface area contributed by atoms with Gasteiger partial charge >= 0.3 is 0 Å². The number of nitrogens with two attached hydrogens (primary N) is 1. The summed E-state index contributed by atoms with van der Waals surface area (Å²) < 4.78 is 0.873. The second kappa shape index (κ2) is 1.95. The largest absolute Gasteiger partial charge is 0.248 e.